The number of fused-ring (bicyclic) bond motifs is 1. The van der Waals surface area contributed by atoms with Gasteiger partial charge in [0, 0.05) is 12.0 Å². The molecule has 2 aromatic rings. The second-order valence-corrected chi connectivity index (χ2v) is 7.78. The van der Waals surface area contributed by atoms with Gasteiger partial charge in [-0.15, -0.1) is 0 Å². The molecule has 2 aliphatic rings. The molecule has 0 bridgehead atoms. The minimum Gasteiger partial charge on any atom is -0.493 e. The van der Waals surface area contributed by atoms with Crippen LogP contribution in [0, 0.1) is 5.92 Å². The van der Waals surface area contributed by atoms with Crippen LogP contribution in [0.15, 0.2) is 66.6 Å². The van der Waals surface area contributed by atoms with E-state index in [2.05, 4.69) is 4.74 Å². The van der Waals surface area contributed by atoms with Crippen molar-refractivity contribution < 1.29 is 33.3 Å². The molecule has 1 fully saturated rings. The van der Waals surface area contributed by atoms with Crippen molar-refractivity contribution in [3.05, 3.63) is 77.7 Å². The van der Waals surface area contributed by atoms with Gasteiger partial charge in [-0.05, 0) is 37.1 Å². The second-order valence-electron chi connectivity index (χ2n) is 7.78. The van der Waals surface area contributed by atoms with Crippen molar-refractivity contribution in [2.75, 3.05) is 13.7 Å². The summed E-state index contributed by atoms with van der Waals surface area (Å²) >= 11 is 0. The van der Waals surface area contributed by atoms with Crippen LogP contribution in [0.3, 0.4) is 0 Å². The third kappa shape index (κ3) is 4.89. The zero-order valence-electron chi connectivity index (χ0n) is 17.7. The molecule has 1 heterocycles. The van der Waals surface area contributed by atoms with Crippen LogP contribution in [0.25, 0.3) is 0 Å². The van der Waals surface area contributed by atoms with Gasteiger partial charge < -0.3 is 18.9 Å². The summed E-state index contributed by atoms with van der Waals surface area (Å²) in [5, 5.41) is 0. The number of hydrogen-bond acceptors (Lipinski definition) is 7. The number of ether oxygens (including phenoxy) is 4. The van der Waals surface area contributed by atoms with E-state index >= 15 is 0 Å². The van der Waals surface area contributed by atoms with Crippen LogP contribution >= 0.6 is 0 Å². The first-order valence-corrected chi connectivity index (χ1v) is 10.5. The number of benzene rings is 2. The Labute approximate surface area is 185 Å². The molecule has 0 amide bonds. The average molecular weight is 436 g/mol. The van der Waals surface area contributed by atoms with Crippen molar-refractivity contribution in [1.29, 1.82) is 0 Å². The van der Waals surface area contributed by atoms with E-state index in [9.17, 15) is 14.4 Å². The van der Waals surface area contributed by atoms with Crippen molar-refractivity contribution in [3.8, 4) is 5.75 Å². The summed E-state index contributed by atoms with van der Waals surface area (Å²) in [7, 11) is 1.31. The topological polar surface area (TPSA) is 88.1 Å². The van der Waals surface area contributed by atoms with Gasteiger partial charge in [-0.25, -0.2) is 4.79 Å². The molecule has 166 valence electrons. The van der Waals surface area contributed by atoms with E-state index < -0.39 is 5.97 Å². The highest BCUT2D eigenvalue weighted by Gasteiger charge is 2.41. The monoisotopic (exact) mass is 436 g/mol. The van der Waals surface area contributed by atoms with Crippen LogP contribution in [0.1, 0.15) is 40.0 Å². The molecule has 1 saturated carbocycles. The van der Waals surface area contributed by atoms with Gasteiger partial charge in [0.1, 0.15) is 24.7 Å². The summed E-state index contributed by atoms with van der Waals surface area (Å²) in [6, 6.07) is 15.4. The number of ketones is 2. The lowest BCUT2D eigenvalue weighted by Crippen LogP contribution is -2.42. The first-order valence-electron chi connectivity index (χ1n) is 10.5. The van der Waals surface area contributed by atoms with E-state index in [1.165, 1.54) is 13.4 Å². The number of methoxy groups -OCH3 is 1. The Bertz CT molecular complexity index is 1010. The Morgan fingerprint density at radius 3 is 2.47 bits per heavy atom. The lowest BCUT2D eigenvalue weighted by molar-refractivity contribution is -0.133. The Kier molecular flexibility index (Phi) is 6.66. The molecule has 3 unspecified atom stereocenters. The van der Waals surface area contributed by atoms with Crippen LogP contribution in [-0.2, 0) is 19.0 Å². The molecule has 7 heteroatoms. The van der Waals surface area contributed by atoms with Crippen LogP contribution in [0.4, 0.5) is 0 Å². The smallest absolute Gasteiger partial charge is 0.337 e. The fourth-order valence-corrected chi connectivity index (χ4v) is 3.96. The van der Waals surface area contributed by atoms with Crippen molar-refractivity contribution in [3.63, 3.8) is 0 Å². The third-order valence-electron chi connectivity index (χ3n) is 5.72. The van der Waals surface area contributed by atoms with Gasteiger partial charge in [0.05, 0.1) is 24.7 Å². The average Bonchev–Trinajstić information content (AvgIpc) is 2.84. The minimum atomic E-state index is -0.444. The fourth-order valence-electron chi connectivity index (χ4n) is 3.96. The molecular weight excluding hydrogens is 412 g/mol. The molecule has 1 aliphatic carbocycles. The summed E-state index contributed by atoms with van der Waals surface area (Å²) in [6.07, 6.45) is 2.70. The van der Waals surface area contributed by atoms with Crippen molar-refractivity contribution >= 4 is 17.5 Å². The third-order valence-corrected chi connectivity index (χ3v) is 5.72. The molecule has 0 aromatic heterocycles. The van der Waals surface area contributed by atoms with Crippen LogP contribution in [-0.4, -0.2) is 43.5 Å². The number of rotatable bonds is 7. The van der Waals surface area contributed by atoms with Gasteiger partial charge in [0.25, 0.3) is 0 Å². The van der Waals surface area contributed by atoms with E-state index in [0.717, 1.165) is 0 Å². The highest BCUT2D eigenvalue weighted by Crippen LogP contribution is 2.35. The number of esters is 1. The predicted octanol–water partition coefficient (Wildman–Crippen LogP) is 3.73. The van der Waals surface area contributed by atoms with E-state index in [0.29, 0.717) is 36.1 Å². The van der Waals surface area contributed by atoms with Gasteiger partial charge in [-0.1, -0.05) is 30.3 Å². The lowest BCUT2D eigenvalue weighted by atomic mass is 9.80. The van der Waals surface area contributed by atoms with Gasteiger partial charge in [-0.2, -0.15) is 0 Å². The fraction of sp³-hybridized carbons (Fsp3) is 0.320. The minimum absolute atomic E-state index is 0.00574. The van der Waals surface area contributed by atoms with Gasteiger partial charge in [0.2, 0.25) is 11.5 Å². The first kappa shape index (κ1) is 21.8. The maximum atomic E-state index is 12.9. The molecule has 32 heavy (non-hydrogen) atoms. The van der Waals surface area contributed by atoms with Crippen LogP contribution in [0.2, 0.25) is 0 Å². The zero-order valence-corrected chi connectivity index (χ0v) is 17.7. The van der Waals surface area contributed by atoms with E-state index in [1.54, 1.807) is 36.4 Å². The molecule has 0 spiro atoms. The SMILES string of the molecule is COC(=O)c1ccc(OC2=COC3CC(OCC(=O)c4ccccc4)CCC3C2=O)cc1. The van der Waals surface area contributed by atoms with Crippen LogP contribution < -0.4 is 4.74 Å². The summed E-state index contributed by atoms with van der Waals surface area (Å²) in [6.45, 7) is 0.00574. The van der Waals surface area contributed by atoms with E-state index in [-0.39, 0.29) is 42.1 Å². The number of allylic oxidation sites excluding steroid dienone is 1. The Balaban J connectivity index is 1.32. The lowest BCUT2D eigenvalue weighted by Gasteiger charge is -2.37. The summed E-state index contributed by atoms with van der Waals surface area (Å²) in [4.78, 5) is 36.7. The van der Waals surface area contributed by atoms with Crippen LogP contribution in [0.5, 0.6) is 5.75 Å². The molecule has 2 aromatic carbocycles. The van der Waals surface area contributed by atoms with E-state index in [4.69, 9.17) is 14.2 Å². The normalized spacial score (nSPS) is 22.2. The molecule has 0 saturated heterocycles. The standard InChI is InChI=1S/C25H24O7/c1-29-25(28)17-7-9-18(10-8-17)32-23-15-31-22-13-19(11-12-20(22)24(23)27)30-14-21(26)16-5-3-2-4-6-16/h2-10,15,19-20,22H,11-14H2,1H3. The van der Waals surface area contributed by atoms with Crippen molar-refractivity contribution in [2.24, 2.45) is 5.92 Å². The van der Waals surface area contributed by atoms with Gasteiger partial charge in [0.15, 0.2) is 5.78 Å². The molecule has 7 nitrogen and oxygen atoms in total. The summed E-state index contributed by atoms with van der Waals surface area (Å²) < 4.78 is 22.0. The number of carbonyl (C=O) groups is 3. The molecule has 4 rings (SSSR count). The number of hydrogen-bond donors (Lipinski definition) is 0. The van der Waals surface area contributed by atoms with E-state index in [1.807, 2.05) is 18.2 Å². The quantitative estimate of drug-likeness (QED) is 0.483. The van der Waals surface area contributed by atoms with Crippen molar-refractivity contribution in [1.82, 2.24) is 0 Å². The second kappa shape index (κ2) is 9.78. The molecule has 0 radical (unpaired) electrons. The Hall–Kier alpha value is -3.45. The maximum absolute atomic E-state index is 12.9. The Morgan fingerprint density at radius 1 is 1.00 bits per heavy atom. The highest BCUT2D eigenvalue weighted by atomic mass is 16.5. The number of Topliss-reactive ketones (excluding diaryl/α,β-unsaturated/α-hetero) is 2. The predicted molar refractivity (Wildman–Crippen MR) is 114 cm³/mol. The zero-order chi connectivity index (χ0) is 22.5. The largest absolute Gasteiger partial charge is 0.493 e. The van der Waals surface area contributed by atoms with Crippen molar-refractivity contribution in [2.45, 2.75) is 31.5 Å². The highest BCUT2D eigenvalue weighted by molar-refractivity contribution is 5.97. The van der Waals surface area contributed by atoms with Gasteiger partial charge in [-0.3, -0.25) is 9.59 Å². The summed E-state index contributed by atoms with van der Waals surface area (Å²) in [5.74, 6) is -0.375. The maximum Gasteiger partial charge on any atom is 0.337 e. The molecular formula is C25H24O7. The molecule has 0 N–H and O–H groups in total. The summed E-state index contributed by atoms with van der Waals surface area (Å²) in [5.41, 5.74) is 1.01. The molecule has 3 atom stereocenters. The number of carbonyl (C=O) groups excluding carboxylic acids is 3. The Morgan fingerprint density at radius 2 is 1.75 bits per heavy atom. The first-order chi connectivity index (χ1) is 15.5. The molecule has 1 aliphatic heterocycles. The van der Waals surface area contributed by atoms with Gasteiger partial charge >= 0.3 is 5.97 Å².